The maximum Gasteiger partial charge on any atom is 0.250 e. The summed E-state index contributed by atoms with van der Waals surface area (Å²) in [5, 5.41) is 0. The lowest BCUT2D eigenvalue weighted by atomic mass is 10.00. The number of piperidine rings is 1. The van der Waals surface area contributed by atoms with Gasteiger partial charge in [0.1, 0.15) is 4.21 Å². The van der Waals surface area contributed by atoms with E-state index in [1.54, 1.807) is 6.07 Å². The van der Waals surface area contributed by atoms with E-state index in [0.717, 1.165) is 37.2 Å². The molecule has 3 heterocycles. The van der Waals surface area contributed by atoms with E-state index in [2.05, 4.69) is 9.62 Å². The molecule has 3 rings (SSSR count). The molecule has 0 spiro atoms. The Morgan fingerprint density at radius 1 is 1.29 bits per heavy atom. The summed E-state index contributed by atoms with van der Waals surface area (Å²) in [5.41, 5.74) is 5.52. The highest BCUT2D eigenvalue weighted by molar-refractivity contribution is 7.91. The van der Waals surface area contributed by atoms with Gasteiger partial charge in [-0.2, -0.15) is 0 Å². The van der Waals surface area contributed by atoms with Crippen molar-refractivity contribution >= 4 is 21.4 Å². The molecule has 3 N–H and O–H groups in total. The number of nitrogens with one attached hydrogen (secondary N) is 1. The molecule has 0 aliphatic carbocycles. The first-order valence-electron chi connectivity index (χ1n) is 7.65. The van der Waals surface area contributed by atoms with Crippen LogP contribution in [-0.2, 0) is 16.4 Å². The van der Waals surface area contributed by atoms with Gasteiger partial charge in [-0.25, -0.2) is 13.1 Å². The van der Waals surface area contributed by atoms with Crippen molar-refractivity contribution < 1.29 is 8.42 Å². The molecule has 0 aromatic carbocycles. The second kappa shape index (κ2) is 6.34. The van der Waals surface area contributed by atoms with E-state index in [1.165, 1.54) is 24.2 Å². The Labute approximate surface area is 130 Å². The Balaban J connectivity index is 1.70. The van der Waals surface area contributed by atoms with E-state index in [-0.39, 0.29) is 6.04 Å². The fourth-order valence-electron chi connectivity index (χ4n) is 3.42. The van der Waals surface area contributed by atoms with Gasteiger partial charge >= 0.3 is 0 Å². The number of sulfonamides is 1. The molecule has 118 valence electrons. The highest BCUT2D eigenvalue weighted by Gasteiger charge is 2.37. The number of nitrogens with zero attached hydrogens (tertiary/aromatic N) is 1. The van der Waals surface area contributed by atoms with E-state index in [1.807, 2.05) is 6.07 Å². The molecule has 2 aliphatic rings. The topological polar surface area (TPSA) is 75.4 Å². The van der Waals surface area contributed by atoms with Crippen molar-refractivity contribution in [2.45, 2.75) is 48.4 Å². The molecule has 1 aromatic heterocycles. The fraction of sp³-hybridized carbons (Fsp3) is 0.714. The molecule has 2 saturated heterocycles. The van der Waals surface area contributed by atoms with Gasteiger partial charge in [0.15, 0.2) is 0 Å². The number of rotatable bonds is 5. The second-order valence-corrected chi connectivity index (χ2v) is 8.98. The molecule has 21 heavy (non-hydrogen) atoms. The molecule has 0 saturated carbocycles. The van der Waals surface area contributed by atoms with Gasteiger partial charge in [-0.3, -0.25) is 4.90 Å². The van der Waals surface area contributed by atoms with Crippen LogP contribution in [0.1, 0.15) is 30.6 Å². The van der Waals surface area contributed by atoms with Crippen LogP contribution >= 0.6 is 11.3 Å². The van der Waals surface area contributed by atoms with E-state index in [9.17, 15) is 8.42 Å². The van der Waals surface area contributed by atoms with E-state index < -0.39 is 10.0 Å². The molecule has 2 fully saturated rings. The summed E-state index contributed by atoms with van der Waals surface area (Å²) >= 11 is 1.33. The summed E-state index contributed by atoms with van der Waals surface area (Å²) in [6.45, 7) is 2.68. The number of fused-ring (bicyclic) bond motifs is 1. The molecular formula is C14H23N3O2S2. The molecule has 7 heteroatoms. The normalized spacial score (nSPS) is 26.9. The van der Waals surface area contributed by atoms with Crippen LogP contribution in [0.3, 0.4) is 0 Å². The predicted octanol–water partition coefficient (Wildman–Crippen LogP) is 1.15. The molecule has 2 unspecified atom stereocenters. The lowest BCUT2D eigenvalue weighted by molar-refractivity contribution is 0.186. The molecule has 0 radical (unpaired) electrons. The Hall–Kier alpha value is -0.470. The molecule has 5 nitrogen and oxygen atoms in total. The summed E-state index contributed by atoms with van der Waals surface area (Å²) < 4.78 is 28.4. The zero-order valence-electron chi connectivity index (χ0n) is 12.1. The Bertz CT molecular complexity index is 585. The van der Waals surface area contributed by atoms with E-state index in [4.69, 9.17) is 5.73 Å². The second-order valence-electron chi connectivity index (χ2n) is 5.87. The number of hydrogen-bond acceptors (Lipinski definition) is 5. The first-order chi connectivity index (χ1) is 10.1. The fourth-order valence-corrected chi connectivity index (χ4v) is 6.11. The van der Waals surface area contributed by atoms with Crippen LogP contribution in [0.4, 0.5) is 0 Å². The van der Waals surface area contributed by atoms with Crippen molar-refractivity contribution in [1.82, 2.24) is 9.62 Å². The monoisotopic (exact) mass is 329 g/mol. The third-order valence-corrected chi connectivity index (χ3v) is 7.58. The van der Waals surface area contributed by atoms with Crippen LogP contribution in [0.5, 0.6) is 0 Å². The standard InChI is InChI=1S/C14H23N3O2S2/c15-8-6-11-4-5-14(20-11)21(18,19)16-12-7-10-17-9-2-1-3-13(12)17/h4-5,12-13,16H,1-3,6-10,15H2. The van der Waals surface area contributed by atoms with Crippen LogP contribution < -0.4 is 10.5 Å². The molecular weight excluding hydrogens is 306 g/mol. The van der Waals surface area contributed by atoms with Crippen molar-refractivity contribution in [3.05, 3.63) is 17.0 Å². The maximum absolute atomic E-state index is 12.5. The summed E-state index contributed by atoms with van der Waals surface area (Å²) in [4.78, 5) is 3.47. The number of nitrogens with two attached hydrogens (primary N) is 1. The Morgan fingerprint density at radius 3 is 2.95 bits per heavy atom. The lowest BCUT2D eigenvalue weighted by Crippen LogP contribution is -2.46. The third-order valence-electron chi connectivity index (χ3n) is 4.46. The van der Waals surface area contributed by atoms with Crippen molar-refractivity contribution in [1.29, 1.82) is 0 Å². The first kappa shape index (κ1) is 15.4. The molecule has 0 bridgehead atoms. The molecule has 0 amide bonds. The van der Waals surface area contributed by atoms with Crippen LogP contribution in [0.15, 0.2) is 16.3 Å². The van der Waals surface area contributed by atoms with Gasteiger partial charge in [-0.05, 0) is 50.9 Å². The van der Waals surface area contributed by atoms with Gasteiger partial charge < -0.3 is 5.73 Å². The van der Waals surface area contributed by atoms with Gasteiger partial charge in [-0.1, -0.05) is 6.42 Å². The van der Waals surface area contributed by atoms with Gasteiger partial charge in [-0.15, -0.1) is 11.3 Å². The van der Waals surface area contributed by atoms with Crippen molar-refractivity contribution in [2.24, 2.45) is 5.73 Å². The van der Waals surface area contributed by atoms with Gasteiger partial charge in [0.25, 0.3) is 0 Å². The Morgan fingerprint density at radius 2 is 2.14 bits per heavy atom. The Kier molecular flexibility index (Phi) is 4.66. The average molecular weight is 329 g/mol. The smallest absolute Gasteiger partial charge is 0.250 e. The lowest BCUT2D eigenvalue weighted by Gasteiger charge is -2.32. The highest BCUT2D eigenvalue weighted by atomic mass is 32.2. The number of thiophene rings is 1. The van der Waals surface area contributed by atoms with Crippen LogP contribution in [0.25, 0.3) is 0 Å². The largest absolute Gasteiger partial charge is 0.330 e. The summed E-state index contributed by atoms with van der Waals surface area (Å²) in [7, 11) is -3.39. The molecule has 2 aliphatic heterocycles. The van der Waals surface area contributed by atoms with Gasteiger partial charge in [0.2, 0.25) is 10.0 Å². The zero-order chi connectivity index (χ0) is 14.9. The van der Waals surface area contributed by atoms with Crippen LogP contribution in [0, 0.1) is 0 Å². The van der Waals surface area contributed by atoms with Crippen molar-refractivity contribution in [3.63, 3.8) is 0 Å². The van der Waals surface area contributed by atoms with Gasteiger partial charge in [0.05, 0.1) is 0 Å². The predicted molar refractivity (Wildman–Crippen MR) is 85.0 cm³/mol. The minimum atomic E-state index is -3.39. The van der Waals surface area contributed by atoms with Crippen LogP contribution in [-0.4, -0.2) is 45.0 Å². The van der Waals surface area contributed by atoms with Crippen LogP contribution in [0.2, 0.25) is 0 Å². The minimum absolute atomic E-state index is 0.0651. The zero-order valence-corrected chi connectivity index (χ0v) is 13.8. The quantitative estimate of drug-likeness (QED) is 0.850. The maximum atomic E-state index is 12.5. The highest BCUT2D eigenvalue weighted by Crippen LogP contribution is 2.29. The molecule has 1 aromatic rings. The molecule has 2 atom stereocenters. The summed E-state index contributed by atoms with van der Waals surface area (Å²) in [6, 6.07) is 4.02. The summed E-state index contributed by atoms with van der Waals surface area (Å²) in [5.74, 6) is 0. The average Bonchev–Trinajstić information content (AvgIpc) is 3.07. The van der Waals surface area contributed by atoms with E-state index >= 15 is 0 Å². The third kappa shape index (κ3) is 3.32. The minimum Gasteiger partial charge on any atom is -0.330 e. The summed E-state index contributed by atoms with van der Waals surface area (Å²) in [6.07, 6.45) is 5.21. The first-order valence-corrected chi connectivity index (χ1v) is 9.95. The van der Waals surface area contributed by atoms with Crippen molar-refractivity contribution in [2.75, 3.05) is 19.6 Å². The number of hydrogen-bond donors (Lipinski definition) is 2. The SMILES string of the molecule is NCCc1ccc(S(=O)(=O)NC2CCN3CCCCC23)s1. The van der Waals surface area contributed by atoms with Crippen molar-refractivity contribution in [3.8, 4) is 0 Å². The van der Waals surface area contributed by atoms with E-state index in [0.29, 0.717) is 16.8 Å². The van der Waals surface area contributed by atoms with Gasteiger partial charge in [0, 0.05) is 23.5 Å².